The van der Waals surface area contributed by atoms with Crippen LogP contribution in [0.2, 0.25) is 0 Å². The third-order valence-corrected chi connectivity index (χ3v) is 8.20. The maximum absolute atomic E-state index is 13.3. The molecule has 0 atom stereocenters. The minimum atomic E-state index is -3.46. The van der Waals surface area contributed by atoms with Gasteiger partial charge in [0.25, 0.3) is 0 Å². The SMILES string of the molecule is COc1ccc2nc(N(Cc3ccccn3)C(=O)CCCS(=O)(=O)c3ccc(C)cc3)sc2c1. The second kappa shape index (κ2) is 10.3. The van der Waals surface area contributed by atoms with E-state index in [9.17, 15) is 13.2 Å². The number of ether oxygens (including phenoxy) is 1. The molecule has 0 saturated heterocycles. The molecule has 2 aromatic heterocycles. The summed E-state index contributed by atoms with van der Waals surface area (Å²) in [5.41, 5.74) is 2.48. The van der Waals surface area contributed by atoms with Crippen LogP contribution in [0.4, 0.5) is 5.13 Å². The summed E-state index contributed by atoms with van der Waals surface area (Å²) in [5, 5.41) is 0.542. The van der Waals surface area contributed by atoms with Crippen LogP contribution in [0.25, 0.3) is 10.2 Å². The number of fused-ring (bicyclic) bond motifs is 1. The molecule has 176 valence electrons. The van der Waals surface area contributed by atoms with E-state index in [2.05, 4.69) is 9.97 Å². The highest BCUT2D eigenvalue weighted by atomic mass is 32.2. The molecule has 0 bridgehead atoms. The Kier molecular flexibility index (Phi) is 7.23. The van der Waals surface area contributed by atoms with Crippen LogP contribution in [0, 0.1) is 6.92 Å². The van der Waals surface area contributed by atoms with E-state index in [1.807, 2.05) is 43.3 Å². The zero-order valence-electron chi connectivity index (χ0n) is 19.0. The normalized spacial score (nSPS) is 11.5. The molecule has 0 aliphatic heterocycles. The molecule has 7 nitrogen and oxygen atoms in total. The van der Waals surface area contributed by atoms with E-state index in [0.29, 0.717) is 10.9 Å². The number of rotatable bonds is 9. The van der Waals surface area contributed by atoms with E-state index in [1.54, 1.807) is 42.5 Å². The number of pyridine rings is 1. The van der Waals surface area contributed by atoms with Crippen molar-refractivity contribution in [3.63, 3.8) is 0 Å². The quantitative estimate of drug-likeness (QED) is 0.332. The zero-order chi connectivity index (χ0) is 24.1. The Hall–Kier alpha value is -3.30. The molecule has 4 rings (SSSR count). The fourth-order valence-electron chi connectivity index (χ4n) is 3.46. The molecular weight excluding hydrogens is 470 g/mol. The minimum absolute atomic E-state index is 0.0805. The zero-order valence-corrected chi connectivity index (χ0v) is 20.6. The van der Waals surface area contributed by atoms with Gasteiger partial charge < -0.3 is 4.74 Å². The number of amides is 1. The monoisotopic (exact) mass is 495 g/mol. The summed E-state index contributed by atoms with van der Waals surface area (Å²) in [7, 11) is -1.86. The van der Waals surface area contributed by atoms with E-state index in [4.69, 9.17) is 4.74 Å². The molecule has 0 unspecified atom stereocenters. The molecule has 0 fully saturated rings. The lowest BCUT2D eigenvalue weighted by atomic mass is 10.2. The van der Waals surface area contributed by atoms with E-state index < -0.39 is 9.84 Å². The van der Waals surface area contributed by atoms with E-state index >= 15 is 0 Å². The number of hydrogen-bond donors (Lipinski definition) is 0. The van der Waals surface area contributed by atoms with E-state index in [0.717, 1.165) is 21.5 Å². The van der Waals surface area contributed by atoms with Crippen molar-refractivity contribution < 1.29 is 17.9 Å². The van der Waals surface area contributed by atoms with Gasteiger partial charge in [-0.05, 0) is 55.8 Å². The van der Waals surface area contributed by atoms with Crippen molar-refractivity contribution in [2.24, 2.45) is 0 Å². The lowest BCUT2D eigenvalue weighted by Gasteiger charge is -2.19. The van der Waals surface area contributed by atoms with Crippen LogP contribution >= 0.6 is 11.3 Å². The molecule has 0 N–H and O–H groups in total. The Labute approximate surface area is 203 Å². The number of methoxy groups -OCH3 is 1. The lowest BCUT2D eigenvalue weighted by Crippen LogP contribution is -2.30. The molecule has 0 radical (unpaired) electrons. The topological polar surface area (TPSA) is 89.5 Å². The summed E-state index contributed by atoms with van der Waals surface area (Å²) >= 11 is 1.39. The number of nitrogens with zero attached hydrogens (tertiary/aromatic N) is 3. The molecule has 9 heteroatoms. The van der Waals surface area contributed by atoms with Gasteiger partial charge in [0.05, 0.1) is 40.2 Å². The first-order chi connectivity index (χ1) is 16.4. The van der Waals surface area contributed by atoms with Crippen LogP contribution in [0.5, 0.6) is 5.75 Å². The number of thiazole rings is 1. The number of hydrogen-bond acceptors (Lipinski definition) is 7. The number of carbonyl (C=O) groups excluding carboxylic acids is 1. The number of aromatic nitrogens is 2. The number of carbonyl (C=O) groups is 1. The third kappa shape index (κ3) is 5.60. The number of aryl methyl sites for hydroxylation is 1. The van der Waals surface area contributed by atoms with Crippen LogP contribution in [0.1, 0.15) is 24.1 Å². The predicted molar refractivity (Wildman–Crippen MR) is 134 cm³/mol. The highest BCUT2D eigenvalue weighted by Gasteiger charge is 2.22. The predicted octanol–water partition coefficient (Wildman–Crippen LogP) is 4.80. The third-order valence-electron chi connectivity index (χ3n) is 5.35. The smallest absolute Gasteiger partial charge is 0.229 e. The van der Waals surface area contributed by atoms with E-state index in [-0.39, 0.29) is 35.9 Å². The largest absolute Gasteiger partial charge is 0.497 e. The summed E-state index contributed by atoms with van der Waals surface area (Å²) in [5.74, 6) is 0.415. The average molecular weight is 496 g/mol. The van der Waals surface area contributed by atoms with Gasteiger partial charge in [0, 0.05) is 12.6 Å². The first-order valence-corrected chi connectivity index (χ1v) is 13.3. The summed E-state index contributed by atoms with van der Waals surface area (Å²) in [6, 6.07) is 17.8. The van der Waals surface area contributed by atoms with Crippen LogP contribution < -0.4 is 9.64 Å². The van der Waals surface area contributed by atoms with Crippen molar-refractivity contribution in [3.8, 4) is 5.75 Å². The highest BCUT2D eigenvalue weighted by molar-refractivity contribution is 7.91. The van der Waals surface area contributed by atoms with Gasteiger partial charge in [0.1, 0.15) is 5.75 Å². The first-order valence-electron chi connectivity index (χ1n) is 10.8. The molecule has 2 aromatic carbocycles. The minimum Gasteiger partial charge on any atom is -0.497 e. The van der Waals surface area contributed by atoms with Crippen molar-refractivity contribution in [2.45, 2.75) is 31.2 Å². The fourth-order valence-corrected chi connectivity index (χ4v) is 5.78. The Morgan fingerprint density at radius 1 is 1.09 bits per heavy atom. The first kappa shape index (κ1) is 23.8. The average Bonchev–Trinajstić information content (AvgIpc) is 3.26. The highest BCUT2D eigenvalue weighted by Crippen LogP contribution is 2.32. The lowest BCUT2D eigenvalue weighted by molar-refractivity contribution is -0.118. The summed E-state index contributed by atoms with van der Waals surface area (Å²) in [4.78, 5) is 24.1. The number of benzene rings is 2. The number of anilines is 1. The van der Waals surface area contributed by atoms with Crippen molar-refractivity contribution in [1.82, 2.24) is 9.97 Å². The van der Waals surface area contributed by atoms with Gasteiger partial charge in [-0.3, -0.25) is 14.7 Å². The second-order valence-electron chi connectivity index (χ2n) is 7.87. The molecule has 2 heterocycles. The molecule has 4 aromatic rings. The molecule has 0 spiro atoms. The molecule has 0 saturated carbocycles. The second-order valence-corrected chi connectivity index (χ2v) is 11.0. The van der Waals surface area contributed by atoms with Gasteiger partial charge in [-0.15, -0.1) is 0 Å². The molecule has 34 heavy (non-hydrogen) atoms. The van der Waals surface area contributed by atoms with Gasteiger partial charge >= 0.3 is 0 Å². The molecule has 0 aliphatic rings. The standard InChI is InChI=1S/C25H25N3O4S2/c1-18-8-11-21(12-9-18)34(30,31)15-5-7-24(29)28(17-19-6-3-4-14-26-19)25-27-22-13-10-20(32-2)16-23(22)33-25/h3-4,6,8-14,16H,5,7,15,17H2,1-2H3. The Morgan fingerprint density at radius 3 is 2.59 bits per heavy atom. The number of sulfone groups is 1. The van der Waals surface area contributed by atoms with Gasteiger partial charge in [-0.2, -0.15) is 0 Å². The molecule has 0 aliphatic carbocycles. The van der Waals surface area contributed by atoms with Crippen LogP contribution in [0.3, 0.4) is 0 Å². The van der Waals surface area contributed by atoms with Crippen molar-refractivity contribution in [2.75, 3.05) is 17.8 Å². The summed E-state index contributed by atoms with van der Waals surface area (Å²) in [6.45, 7) is 2.16. The van der Waals surface area contributed by atoms with Crippen LogP contribution in [0.15, 0.2) is 71.8 Å². The van der Waals surface area contributed by atoms with Crippen molar-refractivity contribution >= 4 is 42.4 Å². The Morgan fingerprint density at radius 2 is 1.88 bits per heavy atom. The van der Waals surface area contributed by atoms with Crippen molar-refractivity contribution in [1.29, 1.82) is 0 Å². The maximum atomic E-state index is 13.3. The molecule has 1 amide bonds. The van der Waals surface area contributed by atoms with Gasteiger partial charge in [0.15, 0.2) is 15.0 Å². The summed E-state index contributed by atoms with van der Waals surface area (Å²) < 4.78 is 31.5. The van der Waals surface area contributed by atoms with Crippen LogP contribution in [-0.4, -0.2) is 37.2 Å². The van der Waals surface area contributed by atoms with Crippen LogP contribution in [-0.2, 0) is 21.2 Å². The maximum Gasteiger partial charge on any atom is 0.229 e. The Bertz CT molecular complexity index is 1380. The van der Waals surface area contributed by atoms with Gasteiger partial charge in [-0.1, -0.05) is 35.1 Å². The summed E-state index contributed by atoms with van der Waals surface area (Å²) in [6.07, 6.45) is 1.97. The van der Waals surface area contributed by atoms with Crippen molar-refractivity contribution in [3.05, 3.63) is 78.1 Å². The molecular formula is C25H25N3O4S2. The van der Waals surface area contributed by atoms with E-state index in [1.165, 1.54) is 11.3 Å². The Balaban J connectivity index is 1.53. The van der Waals surface area contributed by atoms with Gasteiger partial charge in [-0.25, -0.2) is 13.4 Å². The van der Waals surface area contributed by atoms with Gasteiger partial charge in [0.2, 0.25) is 5.91 Å². The fraction of sp³-hybridized carbons (Fsp3) is 0.240.